The predicted octanol–water partition coefficient (Wildman–Crippen LogP) is 3.82. The summed E-state index contributed by atoms with van der Waals surface area (Å²) in [5.41, 5.74) is 0.815. The lowest BCUT2D eigenvalue weighted by molar-refractivity contribution is 0.115. The molecule has 0 radical (unpaired) electrons. The second kappa shape index (κ2) is 6.85. The van der Waals surface area contributed by atoms with Crippen LogP contribution in [0.4, 0.5) is 4.39 Å². The number of hydrogen-bond donors (Lipinski definition) is 1. The molecule has 15 heavy (non-hydrogen) atoms. The van der Waals surface area contributed by atoms with E-state index >= 15 is 0 Å². The lowest BCUT2D eigenvalue weighted by Gasteiger charge is -2.06. The number of ether oxygens (including phenoxy) is 1. The lowest BCUT2D eigenvalue weighted by atomic mass is 10.2. The summed E-state index contributed by atoms with van der Waals surface area (Å²) in [6, 6.07) is 4.54. The molecule has 0 saturated carbocycles. The molecule has 0 spiro atoms. The van der Waals surface area contributed by atoms with E-state index in [1.807, 2.05) is 0 Å². The zero-order valence-electron chi connectivity index (χ0n) is 9.00. The van der Waals surface area contributed by atoms with Gasteiger partial charge in [0, 0.05) is 11.5 Å². The Bertz CT molecular complexity index is 302. The number of halogens is 1. The normalized spacial score (nSPS) is 10.6. The van der Waals surface area contributed by atoms with Crippen molar-refractivity contribution < 1.29 is 9.13 Å². The molecule has 0 unspecified atom stereocenters. The molecule has 0 aliphatic heterocycles. The maximum Gasteiger partial charge on any atom is 0.123 e. The van der Waals surface area contributed by atoms with Crippen LogP contribution in [0.15, 0.2) is 23.1 Å². The van der Waals surface area contributed by atoms with Crippen LogP contribution in [-0.2, 0) is 11.3 Å². The van der Waals surface area contributed by atoms with E-state index in [4.69, 9.17) is 4.74 Å². The van der Waals surface area contributed by atoms with Crippen molar-refractivity contribution >= 4 is 12.6 Å². The Labute approximate surface area is 96.1 Å². The third-order valence-electron chi connectivity index (χ3n) is 2.19. The molecule has 1 nitrogen and oxygen atoms in total. The summed E-state index contributed by atoms with van der Waals surface area (Å²) in [5.74, 6) is -0.236. The summed E-state index contributed by atoms with van der Waals surface area (Å²) in [6.07, 6.45) is 3.42. The molecule has 1 rings (SSSR count). The summed E-state index contributed by atoms with van der Waals surface area (Å²) in [7, 11) is 0. The Hall–Kier alpha value is -0.540. The van der Waals surface area contributed by atoms with Gasteiger partial charge in [0.15, 0.2) is 0 Å². The van der Waals surface area contributed by atoms with Gasteiger partial charge in [0.25, 0.3) is 0 Å². The Balaban J connectivity index is 2.33. The maximum absolute atomic E-state index is 12.9. The van der Waals surface area contributed by atoms with Crippen LogP contribution in [0.1, 0.15) is 31.7 Å². The van der Waals surface area contributed by atoms with E-state index in [1.165, 1.54) is 25.0 Å². The van der Waals surface area contributed by atoms with Gasteiger partial charge in [-0.15, -0.1) is 12.6 Å². The molecule has 0 aromatic heterocycles. The Morgan fingerprint density at radius 1 is 1.33 bits per heavy atom. The van der Waals surface area contributed by atoms with Gasteiger partial charge in [-0.1, -0.05) is 19.8 Å². The Morgan fingerprint density at radius 3 is 2.87 bits per heavy atom. The van der Waals surface area contributed by atoms with Gasteiger partial charge in [0.2, 0.25) is 0 Å². The van der Waals surface area contributed by atoms with Crippen molar-refractivity contribution in [3.05, 3.63) is 29.6 Å². The minimum absolute atomic E-state index is 0.236. The van der Waals surface area contributed by atoms with Crippen LogP contribution < -0.4 is 0 Å². The highest BCUT2D eigenvalue weighted by molar-refractivity contribution is 7.80. The monoisotopic (exact) mass is 228 g/mol. The quantitative estimate of drug-likeness (QED) is 0.575. The molecule has 0 saturated heterocycles. The van der Waals surface area contributed by atoms with E-state index < -0.39 is 0 Å². The molecular weight excluding hydrogens is 211 g/mol. The summed E-state index contributed by atoms with van der Waals surface area (Å²) >= 11 is 4.24. The molecule has 0 heterocycles. The molecular formula is C12H17FOS. The predicted molar refractivity (Wildman–Crippen MR) is 62.8 cm³/mol. The molecule has 84 valence electrons. The van der Waals surface area contributed by atoms with Crippen molar-refractivity contribution in [1.29, 1.82) is 0 Å². The molecule has 0 fully saturated rings. The molecule has 3 heteroatoms. The summed E-state index contributed by atoms with van der Waals surface area (Å²) in [6.45, 7) is 3.33. The molecule has 1 aromatic rings. The first-order valence-corrected chi connectivity index (χ1v) is 5.74. The molecule has 0 amide bonds. The zero-order valence-corrected chi connectivity index (χ0v) is 9.90. The van der Waals surface area contributed by atoms with Gasteiger partial charge in [-0.2, -0.15) is 0 Å². The number of benzene rings is 1. The standard InChI is InChI=1S/C12H17FOS/c1-2-3-4-7-14-9-10-8-11(13)5-6-12(10)15/h5-6,8,15H,2-4,7,9H2,1H3. The van der Waals surface area contributed by atoms with Crippen LogP contribution in [0.2, 0.25) is 0 Å². The lowest BCUT2D eigenvalue weighted by Crippen LogP contribution is -1.97. The van der Waals surface area contributed by atoms with Gasteiger partial charge in [-0.05, 0) is 30.2 Å². The van der Waals surface area contributed by atoms with Crippen molar-refractivity contribution in [2.24, 2.45) is 0 Å². The molecule has 0 bridgehead atoms. The highest BCUT2D eigenvalue weighted by Gasteiger charge is 2.00. The van der Waals surface area contributed by atoms with Crippen molar-refractivity contribution in [1.82, 2.24) is 0 Å². The molecule has 0 atom stereocenters. The number of thiol groups is 1. The minimum atomic E-state index is -0.236. The molecule has 0 aliphatic rings. The average Bonchev–Trinajstić information content (AvgIpc) is 2.23. The van der Waals surface area contributed by atoms with Crippen molar-refractivity contribution in [2.75, 3.05) is 6.61 Å². The van der Waals surface area contributed by atoms with Crippen LogP contribution >= 0.6 is 12.6 Å². The highest BCUT2D eigenvalue weighted by atomic mass is 32.1. The van der Waals surface area contributed by atoms with Crippen LogP contribution in [-0.4, -0.2) is 6.61 Å². The van der Waals surface area contributed by atoms with E-state index in [9.17, 15) is 4.39 Å². The third-order valence-corrected chi connectivity index (χ3v) is 2.63. The first-order chi connectivity index (χ1) is 7.24. The van der Waals surface area contributed by atoms with Gasteiger partial charge in [-0.25, -0.2) is 4.39 Å². The summed E-state index contributed by atoms with van der Waals surface area (Å²) < 4.78 is 18.3. The number of rotatable bonds is 6. The number of hydrogen-bond acceptors (Lipinski definition) is 2. The van der Waals surface area contributed by atoms with Crippen LogP contribution in [0.25, 0.3) is 0 Å². The van der Waals surface area contributed by atoms with Crippen molar-refractivity contribution in [3.8, 4) is 0 Å². The maximum atomic E-state index is 12.9. The first kappa shape index (κ1) is 12.5. The van der Waals surface area contributed by atoms with Gasteiger partial charge >= 0.3 is 0 Å². The molecule has 1 aromatic carbocycles. The molecule has 0 N–H and O–H groups in total. The summed E-state index contributed by atoms with van der Waals surface area (Å²) in [5, 5.41) is 0. The highest BCUT2D eigenvalue weighted by Crippen LogP contribution is 2.16. The fraction of sp³-hybridized carbons (Fsp3) is 0.500. The number of unbranched alkanes of at least 4 members (excludes halogenated alkanes) is 2. The van der Waals surface area contributed by atoms with Crippen molar-refractivity contribution in [2.45, 2.75) is 37.7 Å². The fourth-order valence-corrected chi connectivity index (χ4v) is 1.51. The van der Waals surface area contributed by atoms with Gasteiger partial charge in [0.05, 0.1) is 6.61 Å². The van der Waals surface area contributed by atoms with E-state index in [-0.39, 0.29) is 5.82 Å². The van der Waals surface area contributed by atoms with E-state index in [1.54, 1.807) is 6.07 Å². The fourth-order valence-electron chi connectivity index (χ4n) is 1.31. The summed E-state index contributed by atoms with van der Waals surface area (Å²) in [4.78, 5) is 0.784. The van der Waals surface area contributed by atoms with Gasteiger partial charge < -0.3 is 4.74 Å². The van der Waals surface area contributed by atoms with Crippen LogP contribution in [0.5, 0.6) is 0 Å². The molecule has 0 aliphatic carbocycles. The second-order valence-electron chi connectivity index (χ2n) is 3.53. The average molecular weight is 228 g/mol. The van der Waals surface area contributed by atoms with E-state index in [2.05, 4.69) is 19.6 Å². The zero-order chi connectivity index (χ0) is 11.1. The smallest absolute Gasteiger partial charge is 0.123 e. The Morgan fingerprint density at radius 2 is 2.13 bits per heavy atom. The first-order valence-electron chi connectivity index (χ1n) is 5.29. The van der Waals surface area contributed by atoms with Crippen LogP contribution in [0, 0.1) is 5.82 Å². The van der Waals surface area contributed by atoms with Crippen molar-refractivity contribution in [3.63, 3.8) is 0 Å². The second-order valence-corrected chi connectivity index (χ2v) is 4.01. The SMILES string of the molecule is CCCCCOCc1cc(F)ccc1S. The van der Waals surface area contributed by atoms with Crippen LogP contribution in [0.3, 0.4) is 0 Å². The van der Waals surface area contributed by atoms with Gasteiger partial charge in [-0.3, -0.25) is 0 Å². The topological polar surface area (TPSA) is 9.23 Å². The third kappa shape index (κ3) is 4.67. The van der Waals surface area contributed by atoms with E-state index in [0.717, 1.165) is 23.5 Å². The van der Waals surface area contributed by atoms with E-state index in [0.29, 0.717) is 6.61 Å². The Kier molecular flexibility index (Phi) is 5.73. The van der Waals surface area contributed by atoms with Gasteiger partial charge in [0.1, 0.15) is 5.82 Å². The minimum Gasteiger partial charge on any atom is -0.377 e. The largest absolute Gasteiger partial charge is 0.377 e.